The summed E-state index contributed by atoms with van der Waals surface area (Å²) < 4.78 is 11.6. The molecule has 0 spiro atoms. The minimum Gasteiger partial charge on any atom is -0.497 e. The van der Waals surface area contributed by atoms with Crippen LogP contribution in [0.5, 0.6) is 17.4 Å². The Morgan fingerprint density at radius 2 is 2.00 bits per heavy atom. The van der Waals surface area contributed by atoms with Crippen LogP contribution >= 0.6 is 39.1 Å². The van der Waals surface area contributed by atoms with Crippen molar-refractivity contribution in [3.8, 4) is 17.4 Å². The predicted octanol–water partition coefficient (Wildman–Crippen LogP) is 5.38. The quantitative estimate of drug-likeness (QED) is 0.742. The van der Waals surface area contributed by atoms with Gasteiger partial charge >= 0.3 is 0 Å². The van der Waals surface area contributed by atoms with Gasteiger partial charge in [-0.25, -0.2) is 0 Å². The summed E-state index contributed by atoms with van der Waals surface area (Å²) in [5.41, 5.74) is 0. The van der Waals surface area contributed by atoms with E-state index >= 15 is 0 Å². The topological polar surface area (TPSA) is 43.4 Å². The Hall–Kier alpha value is -1.17. The Bertz CT molecular complexity index is 653. The second kappa shape index (κ2) is 7.20. The molecule has 1 aromatic heterocycles. The first-order valence-electron chi connectivity index (χ1n) is 6.16. The smallest absolute Gasteiger partial charge is 0.240 e. The Labute approximate surface area is 141 Å². The van der Waals surface area contributed by atoms with E-state index < -0.39 is 0 Å². The van der Waals surface area contributed by atoms with Crippen molar-refractivity contribution in [3.05, 3.63) is 38.8 Å². The molecule has 0 unspecified atom stereocenters. The second-order valence-corrected chi connectivity index (χ2v) is 5.70. The number of hydrogen-bond donors (Lipinski definition) is 1. The zero-order chi connectivity index (χ0) is 15.4. The molecule has 1 N–H and O–H groups in total. The third kappa shape index (κ3) is 3.93. The molecule has 1 heterocycles. The minimum atomic E-state index is 0.280. The number of aromatic nitrogens is 1. The van der Waals surface area contributed by atoms with Gasteiger partial charge in [-0.2, -0.15) is 4.98 Å². The molecular weight excluding hydrogens is 379 g/mol. The van der Waals surface area contributed by atoms with Gasteiger partial charge in [0.25, 0.3) is 0 Å². The van der Waals surface area contributed by atoms with Gasteiger partial charge in [-0.05, 0) is 47.1 Å². The highest BCUT2D eigenvalue weighted by Gasteiger charge is 2.13. The van der Waals surface area contributed by atoms with Gasteiger partial charge in [-0.15, -0.1) is 0 Å². The molecule has 0 saturated heterocycles. The van der Waals surface area contributed by atoms with Crippen molar-refractivity contribution in [1.82, 2.24) is 4.98 Å². The molecule has 0 radical (unpaired) electrons. The highest BCUT2D eigenvalue weighted by molar-refractivity contribution is 9.10. The lowest BCUT2D eigenvalue weighted by atomic mass is 10.3. The molecule has 4 nitrogen and oxygen atoms in total. The van der Waals surface area contributed by atoms with Crippen molar-refractivity contribution < 1.29 is 9.47 Å². The largest absolute Gasteiger partial charge is 0.497 e. The first-order chi connectivity index (χ1) is 10.0. The van der Waals surface area contributed by atoms with Crippen LogP contribution in [0, 0.1) is 0 Å². The number of pyridine rings is 1. The summed E-state index contributed by atoms with van der Waals surface area (Å²) in [5, 5.41) is 3.83. The normalized spacial score (nSPS) is 10.3. The van der Waals surface area contributed by atoms with E-state index in [0.717, 1.165) is 10.2 Å². The fourth-order valence-corrected chi connectivity index (χ4v) is 2.51. The molecule has 0 aliphatic rings. The summed E-state index contributed by atoms with van der Waals surface area (Å²) in [7, 11) is 1.60. The number of ether oxygens (including phenoxy) is 2. The Morgan fingerprint density at radius 1 is 1.24 bits per heavy atom. The average Bonchev–Trinajstić information content (AvgIpc) is 2.46. The number of hydrogen-bond acceptors (Lipinski definition) is 4. The van der Waals surface area contributed by atoms with E-state index in [-0.39, 0.29) is 5.88 Å². The van der Waals surface area contributed by atoms with E-state index in [1.54, 1.807) is 31.4 Å². The first-order valence-corrected chi connectivity index (χ1v) is 7.71. The maximum absolute atomic E-state index is 6.12. The van der Waals surface area contributed by atoms with Crippen LogP contribution in [-0.4, -0.2) is 18.6 Å². The van der Waals surface area contributed by atoms with Gasteiger partial charge in [0.2, 0.25) is 5.88 Å². The van der Waals surface area contributed by atoms with Gasteiger partial charge in [-0.3, -0.25) is 0 Å². The van der Waals surface area contributed by atoms with Crippen LogP contribution in [0.25, 0.3) is 0 Å². The molecule has 0 aliphatic carbocycles. The molecule has 0 amide bonds. The highest BCUT2D eigenvalue weighted by Crippen LogP contribution is 2.37. The standard InChI is InChI=1S/C14H13BrCl2N2O2/c1-3-18-13-10(16)7-11(17)14(19-13)21-12-5-4-8(20-2)6-9(12)15/h4-7H,3H2,1-2H3,(H,18,19). The van der Waals surface area contributed by atoms with Crippen LogP contribution in [0.2, 0.25) is 10.0 Å². The van der Waals surface area contributed by atoms with Crippen molar-refractivity contribution in [2.45, 2.75) is 6.92 Å². The van der Waals surface area contributed by atoms with E-state index in [1.165, 1.54) is 0 Å². The van der Waals surface area contributed by atoms with E-state index in [1.807, 2.05) is 6.92 Å². The Balaban J connectivity index is 2.32. The SMILES string of the molecule is CCNc1nc(Oc2ccc(OC)cc2Br)c(Cl)cc1Cl. The molecule has 2 aromatic rings. The zero-order valence-electron chi connectivity index (χ0n) is 11.4. The lowest BCUT2D eigenvalue weighted by Gasteiger charge is -2.12. The molecule has 21 heavy (non-hydrogen) atoms. The van der Waals surface area contributed by atoms with Crippen LogP contribution < -0.4 is 14.8 Å². The van der Waals surface area contributed by atoms with Crippen molar-refractivity contribution >= 4 is 44.9 Å². The predicted molar refractivity (Wildman–Crippen MR) is 89.2 cm³/mol. The molecule has 0 bridgehead atoms. The summed E-state index contributed by atoms with van der Waals surface area (Å²) in [6.45, 7) is 2.65. The molecule has 0 aliphatic heterocycles. The minimum absolute atomic E-state index is 0.280. The van der Waals surface area contributed by atoms with Gasteiger partial charge in [-0.1, -0.05) is 23.2 Å². The van der Waals surface area contributed by atoms with Crippen molar-refractivity contribution in [2.75, 3.05) is 19.0 Å². The van der Waals surface area contributed by atoms with E-state index in [2.05, 4.69) is 26.2 Å². The summed E-state index contributed by atoms with van der Waals surface area (Å²) in [4.78, 5) is 4.29. The van der Waals surface area contributed by atoms with Gasteiger partial charge in [0.15, 0.2) is 0 Å². The Kier molecular flexibility index (Phi) is 5.56. The lowest BCUT2D eigenvalue weighted by Crippen LogP contribution is -2.01. The number of nitrogens with one attached hydrogen (secondary N) is 1. The summed E-state index contributed by atoms with van der Waals surface area (Å²) in [5.74, 6) is 2.11. The molecule has 0 fully saturated rings. The number of rotatable bonds is 5. The van der Waals surface area contributed by atoms with Crippen molar-refractivity contribution in [2.24, 2.45) is 0 Å². The summed E-state index contributed by atoms with van der Waals surface area (Å²) in [6, 6.07) is 6.95. The highest BCUT2D eigenvalue weighted by atomic mass is 79.9. The molecule has 0 atom stereocenters. The number of methoxy groups -OCH3 is 1. The molecule has 1 aromatic carbocycles. The third-order valence-electron chi connectivity index (χ3n) is 2.59. The maximum atomic E-state index is 6.12. The monoisotopic (exact) mass is 390 g/mol. The molecule has 2 rings (SSSR count). The number of halogens is 3. The van der Waals surface area contributed by atoms with Crippen molar-refractivity contribution in [1.29, 1.82) is 0 Å². The van der Waals surface area contributed by atoms with Gasteiger partial charge in [0.1, 0.15) is 22.3 Å². The van der Waals surface area contributed by atoms with Crippen LogP contribution in [0.3, 0.4) is 0 Å². The number of benzene rings is 1. The van der Waals surface area contributed by atoms with E-state index in [0.29, 0.717) is 28.2 Å². The van der Waals surface area contributed by atoms with Gasteiger partial charge < -0.3 is 14.8 Å². The molecular formula is C14H13BrCl2N2O2. The number of anilines is 1. The first kappa shape index (κ1) is 16.2. The fraction of sp³-hybridized carbons (Fsp3) is 0.214. The van der Waals surface area contributed by atoms with Gasteiger partial charge in [0.05, 0.1) is 16.6 Å². The average molecular weight is 392 g/mol. The lowest BCUT2D eigenvalue weighted by molar-refractivity contribution is 0.411. The molecule has 0 saturated carbocycles. The number of nitrogens with zero attached hydrogens (tertiary/aromatic N) is 1. The summed E-state index contributed by atoms with van der Waals surface area (Å²) in [6.07, 6.45) is 0. The Morgan fingerprint density at radius 3 is 2.62 bits per heavy atom. The van der Waals surface area contributed by atoms with Crippen molar-refractivity contribution in [3.63, 3.8) is 0 Å². The third-order valence-corrected chi connectivity index (χ3v) is 3.77. The molecule has 112 valence electrons. The van der Waals surface area contributed by atoms with E-state index in [9.17, 15) is 0 Å². The second-order valence-electron chi connectivity index (χ2n) is 4.03. The van der Waals surface area contributed by atoms with E-state index in [4.69, 9.17) is 32.7 Å². The van der Waals surface area contributed by atoms with Crippen LogP contribution in [0.1, 0.15) is 6.92 Å². The van der Waals surface area contributed by atoms with Crippen LogP contribution in [0.15, 0.2) is 28.7 Å². The van der Waals surface area contributed by atoms with Crippen LogP contribution in [0.4, 0.5) is 5.82 Å². The summed E-state index contributed by atoms with van der Waals surface area (Å²) >= 11 is 15.6. The zero-order valence-corrected chi connectivity index (χ0v) is 14.5. The fourth-order valence-electron chi connectivity index (χ4n) is 1.61. The van der Waals surface area contributed by atoms with Crippen LogP contribution in [-0.2, 0) is 0 Å². The maximum Gasteiger partial charge on any atom is 0.240 e. The van der Waals surface area contributed by atoms with Gasteiger partial charge in [0, 0.05) is 6.54 Å². The molecule has 7 heteroatoms.